The fourth-order valence-corrected chi connectivity index (χ4v) is 3.02. The molecule has 0 saturated carbocycles. The summed E-state index contributed by atoms with van der Waals surface area (Å²) in [5.74, 6) is 0.977. The number of ether oxygens (including phenoxy) is 1. The number of carbonyl (C=O) groups is 2. The average molecular weight is 354 g/mol. The van der Waals surface area contributed by atoms with Gasteiger partial charge in [-0.05, 0) is 25.8 Å². The number of carbonyl (C=O) groups excluding carboxylic acids is 2. The first-order valence-electron chi connectivity index (χ1n) is 8.59. The average Bonchev–Trinajstić information content (AvgIpc) is 2.79. The first-order valence-corrected chi connectivity index (χ1v) is 8.59. The van der Waals surface area contributed by atoms with Gasteiger partial charge in [0.2, 0.25) is 5.91 Å². The summed E-state index contributed by atoms with van der Waals surface area (Å²) in [7, 11) is 1.60. The molecule has 0 saturated heterocycles. The Kier molecular flexibility index (Phi) is 5.46. The fraction of sp³-hybridized carbons (Fsp3) is 0.368. The van der Waals surface area contributed by atoms with E-state index in [-0.39, 0.29) is 18.4 Å². The standard InChI is InChI=1S/C19H22N4O3/c1-13-20-11-15-16(22-13)7-5-9-23(19(15)25)12-18(24)21-10-14-6-3-4-8-17(14)26-2/h3-4,6,8,11H,5,7,9-10,12H2,1-2H3,(H,21,24). The lowest BCUT2D eigenvalue weighted by atomic mass is 10.1. The van der Waals surface area contributed by atoms with E-state index in [0.29, 0.717) is 30.9 Å². The van der Waals surface area contributed by atoms with E-state index in [4.69, 9.17) is 4.74 Å². The smallest absolute Gasteiger partial charge is 0.257 e. The van der Waals surface area contributed by atoms with E-state index in [1.165, 1.54) is 0 Å². The van der Waals surface area contributed by atoms with Crippen LogP contribution < -0.4 is 10.1 Å². The molecule has 0 aliphatic carbocycles. The van der Waals surface area contributed by atoms with Crippen LogP contribution in [0.4, 0.5) is 0 Å². The van der Waals surface area contributed by atoms with Crippen LogP contribution >= 0.6 is 0 Å². The van der Waals surface area contributed by atoms with Gasteiger partial charge in [0.15, 0.2) is 0 Å². The summed E-state index contributed by atoms with van der Waals surface area (Å²) < 4.78 is 5.28. The van der Waals surface area contributed by atoms with Gasteiger partial charge in [-0.3, -0.25) is 9.59 Å². The number of aryl methyl sites for hydroxylation is 2. The van der Waals surface area contributed by atoms with Crippen LogP contribution in [0.25, 0.3) is 0 Å². The third-order valence-corrected chi connectivity index (χ3v) is 4.35. The molecule has 7 heteroatoms. The molecule has 1 aliphatic heterocycles. The summed E-state index contributed by atoms with van der Waals surface area (Å²) in [4.78, 5) is 35.1. The molecular weight excluding hydrogens is 332 g/mol. The first kappa shape index (κ1) is 17.8. The lowest BCUT2D eigenvalue weighted by molar-refractivity contribution is -0.122. The van der Waals surface area contributed by atoms with Crippen molar-refractivity contribution in [2.24, 2.45) is 0 Å². The molecule has 0 spiro atoms. The lowest BCUT2D eigenvalue weighted by Crippen LogP contribution is -2.40. The maximum absolute atomic E-state index is 12.7. The summed E-state index contributed by atoms with van der Waals surface area (Å²) >= 11 is 0. The molecule has 0 radical (unpaired) electrons. The normalized spacial score (nSPS) is 13.8. The van der Waals surface area contributed by atoms with Crippen LogP contribution in [0.5, 0.6) is 5.75 Å². The fourth-order valence-electron chi connectivity index (χ4n) is 3.02. The molecule has 1 aromatic heterocycles. The van der Waals surface area contributed by atoms with Crippen molar-refractivity contribution in [3.05, 3.63) is 53.1 Å². The third-order valence-electron chi connectivity index (χ3n) is 4.35. The number of fused-ring (bicyclic) bond motifs is 1. The monoisotopic (exact) mass is 354 g/mol. The molecule has 136 valence electrons. The molecule has 3 rings (SSSR count). The Bertz CT molecular complexity index is 822. The molecule has 0 bridgehead atoms. The highest BCUT2D eigenvalue weighted by Gasteiger charge is 2.25. The minimum Gasteiger partial charge on any atom is -0.496 e. The Morgan fingerprint density at radius 2 is 2.15 bits per heavy atom. The summed E-state index contributed by atoms with van der Waals surface area (Å²) in [5.41, 5.74) is 2.14. The Hall–Kier alpha value is -2.96. The molecular formula is C19H22N4O3. The van der Waals surface area contributed by atoms with E-state index in [2.05, 4.69) is 15.3 Å². The van der Waals surface area contributed by atoms with Gasteiger partial charge in [-0.25, -0.2) is 9.97 Å². The van der Waals surface area contributed by atoms with Crippen LogP contribution in [0, 0.1) is 6.92 Å². The number of rotatable bonds is 5. The molecule has 2 aromatic rings. The zero-order chi connectivity index (χ0) is 18.5. The van der Waals surface area contributed by atoms with E-state index in [1.807, 2.05) is 24.3 Å². The van der Waals surface area contributed by atoms with Crippen molar-refractivity contribution >= 4 is 11.8 Å². The molecule has 0 fully saturated rings. The molecule has 0 unspecified atom stereocenters. The van der Waals surface area contributed by atoms with Crippen LogP contribution in [0.2, 0.25) is 0 Å². The first-order chi connectivity index (χ1) is 12.6. The van der Waals surface area contributed by atoms with Crippen LogP contribution in [-0.4, -0.2) is 46.9 Å². The van der Waals surface area contributed by atoms with Crippen molar-refractivity contribution in [2.75, 3.05) is 20.2 Å². The van der Waals surface area contributed by atoms with Gasteiger partial charge in [0.25, 0.3) is 5.91 Å². The summed E-state index contributed by atoms with van der Waals surface area (Å²) in [6, 6.07) is 7.51. The minimum absolute atomic E-state index is 0.0152. The quantitative estimate of drug-likeness (QED) is 0.880. The number of amides is 2. The van der Waals surface area contributed by atoms with Crippen LogP contribution in [0.3, 0.4) is 0 Å². The summed E-state index contributed by atoms with van der Waals surface area (Å²) in [6.07, 6.45) is 3.05. The number of hydrogen-bond donors (Lipinski definition) is 1. The summed E-state index contributed by atoms with van der Waals surface area (Å²) in [5, 5.41) is 2.85. The molecule has 26 heavy (non-hydrogen) atoms. The van der Waals surface area contributed by atoms with Gasteiger partial charge in [0.1, 0.15) is 11.6 Å². The molecule has 7 nitrogen and oxygen atoms in total. The lowest BCUT2D eigenvalue weighted by Gasteiger charge is -2.20. The van der Waals surface area contributed by atoms with Crippen LogP contribution in [0.15, 0.2) is 30.5 Å². The number of aromatic nitrogens is 2. The van der Waals surface area contributed by atoms with Crippen LogP contribution in [-0.2, 0) is 17.8 Å². The van der Waals surface area contributed by atoms with Crippen molar-refractivity contribution in [2.45, 2.75) is 26.3 Å². The topological polar surface area (TPSA) is 84.4 Å². The van der Waals surface area contributed by atoms with Gasteiger partial charge in [-0.15, -0.1) is 0 Å². The zero-order valence-corrected chi connectivity index (χ0v) is 15.0. The zero-order valence-electron chi connectivity index (χ0n) is 15.0. The van der Waals surface area contributed by atoms with E-state index in [9.17, 15) is 9.59 Å². The molecule has 1 aliphatic rings. The largest absolute Gasteiger partial charge is 0.496 e. The van der Waals surface area contributed by atoms with E-state index < -0.39 is 0 Å². The number of nitrogens with one attached hydrogen (secondary N) is 1. The van der Waals surface area contributed by atoms with Crippen molar-refractivity contribution in [3.8, 4) is 5.75 Å². The number of para-hydroxylation sites is 1. The Morgan fingerprint density at radius 1 is 1.35 bits per heavy atom. The highest BCUT2D eigenvalue weighted by Crippen LogP contribution is 2.18. The van der Waals surface area contributed by atoms with Gasteiger partial charge < -0.3 is 15.0 Å². The number of methoxy groups -OCH3 is 1. The molecule has 2 heterocycles. The molecule has 0 atom stereocenters. The highest BCUT2D eigenvalue weighted by atomic mass is 16.5. The second kappa shape index (κ2) is 7.95. The van der Waals surface area contributed by atoms with Gasteiger partial charge in [-0.2, -0.15) is 0 Å². The van der Waals surface area contributed by atoms with Gasteiger partial charge in [0.05, 0.1) is 24.9 Å². The summed E-state index contributed by atoms with van der Waals surface area (Å²) in [6.45, 7) is 2.69. The Morgan fingerprint density at radius 3 is 2.96 bits per heavy atom. The predicted molar refractivity (Wildman–Crippen MR) is 95.8 cm³/mol. The van der Waals surface area contributed by atoms with Gasteiger partial charge in [-0.1, -0.05) is 18.2 Å². The molecule has 1 aromatic carbocycles. The number of nitrogens with zero attached hydrogens (tertiary/aromatic N) is 3. The van der Waals surface area contributed by atoms with Gasteiger partial charge in [0, 0.05) is 24.8 Å². The van der Waals surface area contributed by atoms with Crippen LogP contribution in [0.1, 0.15) is 33.9 Å². The predicted octanol–water partition coefficient (Wildman–Crippen LogP) is 1.50. The maximum Gasteiger partial charge on any atom is 0.257 e. The van der Waals surface area contributed by atoms with Crippen molar-refractivity contribution in [3.63, 3.8) is 0 Å². The third kappa shape index (κ3) is 3.99. The van der Waals surface area contributed by atoms with Gasteiger partial charge >= 0.3 is 0 Å². The van der Waals surface area contributed by atoms with Crippen molar-refractivity contribution < 1.29 is 14.3 Å². The Labute approximate surface area is 152 Å². The second-order valence-electron chi connectivity index (χ2n) is 6.20. The number of benzene rings is 1. The Balaban J connectivity index is 1.63. The number of hydrogen-bond acceptors (Lipinski definition) is 5. The van der Waals surface area contributed by atoms with Crippen molar-refractivity contribution in [1.29, 1.82) is 0 Å². The molecule has 1 N–H and O–H groups in total. The molecule has 2 amide bonds. The maximum atomic E-state index is 12.7. The van der Waals surface area contributed by atoms with E-state index in [1.54, 1.807) is 25.1 Å². The van der Waals surface area contributed by atoms with Crippen molar-refractivity contribution in [1.82, 2.24) is 20.2 Å². The highest BCUT2D eigenvalue weighted by molar-refractivity contribution is 5.97. The van der Waals surface area contributed by atoms with E-state index >= 15 is 0 Å². The van der Waals surface area contributed by atoms with E-state index in [0.717, 1.165) is 23.4 Å². The second-order valence-corrected chi connectivity index (χ2v) is 6.20. The SMILES string of the molecule is COc1ccccc1CNC(=O)CN1CCCc2nc(C)ncc2C1=O. The minimum atomic E-state index is -0.208.